The van der Waals surface area contributed by atoms with Crippen molar-refractivity contribution >= 4 is 88.8 Å². The number of aliphatic carboxylic acids is 1. The average molecular weight is 1320 g/mol. The summed E-state index contributed by atoms with van der Waals surface area (Å²) >= 11 is 0. The Morgan fingerprint density at radius 2 is 0.815 bits per heavy atom. The Bertz CT molecular complexity index is 2440. The SMILES string of the molecule is CCCCCCCCCCCCCC(=O)NCC(=O)N[C@@H](CCCN=C(N)N)C(=O)N[C@H](C(=O)NCC(=O)N[C@@H](CCCN=C(N)N)C(=O)N[C@@H](CCCN=C(N)N)C(=O)N[C@@H](CC(N)=O)C(=O)N[C@@H](C)C(=O)N[C@H](C(N)=O)[C@@H](C)CC)[C@@H](C)O.O=C(O)C(F)(F)F. The molecule has 0 aromatic heterocycles. The summed E-state index contributed by atoms with van der Waals surface area (Å²) in [5.74, 6) is -13.6. The van der Waals surface area contributed by atoms with Crippen LogP contribution in [0.1, 0.15) is 163 Å². The van der Waals surface area contributed by atoms with E-state index in [1.54, 1.807) is 13.8 Å². The van der Waals surface area contributed by atoms with Gasteiger partial charge in [-0.1, -0.05) is 91.4 Å². The molecule has 27 N–H and O–H groups in total. The maximum atomic E-state index is 14.1. The molecule has 0 aromatic rings. The minimum absolute atomic E-state index is 0.0259. The molecule has 0 saturated carbocycles. The molecular formula is C55H101F3N20O14. The molecule has 0 aromatic carbocycles. The number of guanidine groups is 3. The van der Waals surface area contributed by atoms with Gasteiger partial charge in [-0.3, -0.25) is 67.7 Å². The number of unbranched alkanes of at least 4 members (excludes halogenated alkanes) is 10. The Morgan fingerprint density at radius 1 is 0.446 bits per heavy atom. The molecular weight excluding hydrogens is 1220 g/mol. The van der Waals surface area contributed by atoms with Crippen molar-refractivity contribution in [1.29, 1.82) is 0 Å². The van der Waals surface area contributed by atoms with E-state index in [1.807, 2.05) is 0 Å². The molecule has 9 atom stereocenters. The van der Waals surface area contributed by atoms with E-state index in [0.717, 1.165) is 25.7 Å². The molecule has 0 heterocycles. The number of aliphatic hydroxyl groups excluding tert-OH is 1. The van der Waals surface area contributed by atoms with Gasteiger partial charge in [-0.15, -0.1) is 0 Å². The number of hydrogen-bond donors (Lipinski definition) is 19. The third-order valence-electron chi connectivity index (χ3n) is 13.6. The lowest BCUT2D eigenvalue weighted by Crippen LogP contribution is -2.60. The van der Waals surface area contributed by atoms with Crippen molar-refractivity contribution in [3.63, 3.8) is 0 Å². The Balaban J connectivity index is 0. The van der Waals surface area contributed by atoms with Gasteiger partial charge >= 0.3 is 12.1 Å². The van der Waals surface area contributed by atoms with E-state index in [2.05, 4.69) is 69.8 Å². The van der Waals surface area contributed by atoms with Crippen molar-refractivity contribution in [2.45, 2.75) is 218 Å². The van der Waals surface area contributed by atoms with Crippen molar-refractivity contribution < 1.29 is 80.9 Å². The molecule has 37 heteroatoms. The third-order valence-corrected chi connectivity index (χ3v) is 13.6. The van der Waals surface area contributed by atoms with Crippen molar-refractivity contribution in [2.24, 2.45) is 66.8 Å². The number of hydrogen-bond acceptors (Lipinski definition) is 16. The minimum atomic E-state index is -5.08. The molecule has 0 unspecified atom stereocenters. The highest BCUT2D eigenvalue weighted by molar-refractivity contribution is 5.99. The molecule has 526 valence electrons. The van der Waals surface area contributed by atoms with Crippen molar-refractivity contribution in [3.8, 4) is 0 Å². The van der Waals surface area contributed by atoms with Crippen LogP contribution < -0.4 is 93.7 Å². The number of alkyl halides is 3. The van der Waals surface area contributed by atoms with Gasteiger partial charge in [0, 0.05) is 26.1 Å². The van der Waals surface area contributed by atoms with Crippen LogP contribution in [0.2, 0.25) is 0 Å². The van der Waals surface area contributed by atoms with Gasteiger partial charge in [0.2, 0.25) is 65.0 Å². The van der Waals surface area contributed by atoms with E-state index in [-0.39, 0.29) is 94.3 Å². The maximum Gasteiger partial charge on any atom is 0.490 e. The number of carbonyl (C=O) groups is 12. The fraction of sp³-hybridized carbons (Fsp3) is 0.727. The van der Waals surface area contributed by atoms with Gasteiger partial charge in [0.05, 0.1) is 25.6 Å². The second kappa shape index (κ2) is 48.1. The molecule has 0 rings (SSSR count). The zero-order chi connectivity index (χ0) is 70.5. The summed E-state index contributed by atoms with van der Waals surface area (Å²) in [6, 6.07) is -10.1. The fourth-order valence-corrected chi connectivity index (χ4v) is 8.30. The lowest BCUT2D eigenvalue weighted by atomic mass is 9.98. The minimum Gasteiger partial charge on any atom is -0.475 e. The summed E-state index contributed by atoms with van der Waals surface area (Å²) in [6.07, 6.45) is 5.31. The van der Waals surface area contributed by atoms with Gasteiger partial charge in [0.1, 0.15) is 42.3 Å². The largest absolute Gasteiger partial charge is 0.490 e. The number of nitrogens with zero attached hydrogens (tertiary/aromatic N) is 3. The molecule has 0 aliphatic rings. The number of carboxylic acids is 1. The Kier molecular flexibility index (Phi) is 44.5. The van der Waals surface area contributed by atoms with E-state index in [9.17, 15) is 71.0 Å². The Labute approximate surface area is 533 Å². The van der Waals surface area contributed by atoms with Crippen molar-refractivity contribution in [3.05, 3.63) is 0 Å². The van der Waals surface area contributed by atoms with Gasteiger partial charge in [-0.05, 0) is 64.7 Å². The molecule has 0 fully saturated rings. The van der Waals surface area contributed by atoms with E-state index in [0.29, 0.717) is 12.8 Å². The van der Waals surface area contributed by atoms with Crippen LogP contribution in [0, 0.1) is 5.92 Å². The molecule has 0 aliphatic heterocycles. The number of halogens is 3. The number of primary amides is 2. The monoisotopic (exact) mass is 1320 g/mol. The standard InChI is InChI=1S/C53H100N20O12.C2HF3O2/c1-6-8-9-10-11-12-13-14-15-16-17-24-39(76)65-29-40(77)69-35(22-19-26-63-52(58)59)48(83)73-43(33(5)74)50(85)66-30-41(78)68-34(21-18-25-62-51(56)57)46(81)70-36(23-20-27-64-53(60)61)47(82)71-37(28-38(54)75)49(84)67-32(4)45(80)72-42(44(55)79)31(3)7-2;3-2(4,5)1(6)7/h31-37,42-43,74H,6-30H2,1-5H3,(H2,54,75)(H2,55,79)(H,65,76)(H,66,85)(H,67,84)(H,68,78)(H,69,77)(H,70,81)(H,71,82)(H,72,80)(H,73,83)(H4,56,57,62)(H4,58,59,63)(H4,60,61,64);(H,6,7)/t31-,32-,33+,34-,35-,36-,37-,42-,43-;/m0./s1. The molecule has 34 nitrogen and oxygen atoms in total. The normalized spacial score (nSPS) is 13.8. The average Bonchev–Trinajstić information content (AvgIpc) is 0.967. The summed E-state index contributed by atoms with van der Waals surface area (Å²) in [5, 5.41) is 39.7. The van der Waals surface area contributed by atoms with Crippen LogP contribution in [0.3, 0.4) is 0 Å². The smallest absolute Gasteiger partial charge is 0.475 e. The predicted molar refractivity (Wildman–Crippen MR) is 334 cm³/mol. The predicted octanol–water partition coefficient (Wildman–Crippen LogP) is -4.08. The molecule has 92 heavy (non-hydrogen) atoms. The summed E-state index contributed by atoms with van der Waals surface area (Å²) in [4.78, 5) is 166. The zero-order valence-electron chi connectivity index (χ0n) is 53.3. The van der Waals surface area contributed by atoms with E-state index < -0.39 is 139 Å². The zero-order valence-corrected chi connectivity index (χ0v) is 53.3. The lowest BCUT2D eigenvalue weighted by Gasteiger charge is -2.26. The van der Waals surface area contributed by atoms with Gasteiger partial charge in [-0.2, -0.15) is 13.2 Å². The number of amides is 11. The van der Waals surface area contributed by atoms with Crippen LogP contribution in [0.25, 0.3) is 0 Å². The highest BCUT2D eigenvalue weighted by Gasteiger charge is 2.38. The second-order valence-corrected chi connectivity index (χ2v) is 21.7. The highest BCUT2D eigenvalue weighted by Crippen LogP contribution is 2.14. The third kappa shape index (κ3) is 42.2. The molecule has 0 saturated heterocycles. The first-order chi connectivity index (χ1) is 43.1. The summed E-state index contributed by atoms with van der Waals surface area (Å²) < 4.78 is 31.7. The van der Waals surface area contributed by atoms with Crippen LogP contribution in [0.15, 0.2) is 15.0 Å². The lowest BCUT2D eigenvalue weighted by molar-refractivity contribution is -0.192. The first-order valence-electron chi connectivity index (χ1n) is 30.4. The van der Waals surface area contributed by atoms with E-state index >= 15 is 0 Å². The first-order valence-corrected chi connectivity index (χ1v) is 30.4. The van der Waals surface area contributed by atoms with Crippen LogP contribution >= 0.6 is 0 Å². The number of nitrogens with two attached hydrogens (primary N) is 8. The van der Waals surface area contributed by atoms with Crippen LogP contribution in [0.5, 0.6) is 0 Å². The second-order valence-electron chi connectivity index (χ2n) is 21.7. The fourth-order valence-electron chi connectivity index (χ4n) is 8.30. The van der Waals surface area contributed by atoms with Crippen LogP contribution in [-0.2, 0) is 57.5 Å². The maximum absolute atomic E-state index is 14.1. The van der Waals surface area contributed by atoms with E-state index in [4.69, 9.17) is 55.8 Å². The number of aliphatic imine (C=N–C) groups is 3. The van der Waals surface area contributed by atoms with Gasteiger partial charge < -0.3 is 104 Å². The number of carbonyl (C=O) groups excluding carboxylic acids is 11. The number of nitrogens with one attached hydrogen (secondary N) is 9. The topological polar surface area (TPSA) is 599 Å². The molecule has 0 radical (unpaired) electrons. The number of rotatable bonds is 47. The van der Waals surface area contributed by atoms with Gasteiger partial charge in [-0.25, -0.2) is 4.79 Å². The summed E-state index contributed by atoms with van der Waals surface area (Å²) in [7, 11) is 0. The molecule has 0 spiro atoms. The Morgan fingerprint density at radius 3 is 1.20 bits per heavy atom. The van der Waals surface area contributed by atoms with Gasteiger partial charge in [0.15, 0.2) is 17.9 Å². The van der Waals surface area contributed by atoms with Crippen molar-refractivity contribution in [2.75, 3.05) is 32.7 Å². The molecule has 11 amide bonds. The summed E-state index contributed by atoms with van der Waals surface area (Å²) in [6.45, 7) is 6.82. The highest BCUT2D eigenvalue weighted by atomic mass is 19.4. The quantitative estimate of drug-likeness (QED) is 0.0156. The number of carboxylic acid groups (broad SMARTS) is 1. The molecule has 0 bridgehead atoms. The summed E-state index contributed by atoms with van der Waals surface area (Å²) in [5.41, 5.74) is 43.6. The van der Waals surface area contributed by atoms with Crippen LogP contribution in [-0.4, -0.2) is 186 Å². The van der Waals surface area contributed by atoms with Crippen molar-refractivity contribution in [1.82, 2.24) is 47.9 Å². The Hall–Kier alpha value is -8.80. The first kappa shape index (κ1) is 85.3. The molecule has 0 aliphatic carbocycles. The number of aliphatic hydroxyl groups is 1. The van der Waals surface area contributed by atoms with E-state index in [1.165, 1.54) is 52.4 Å². The van der Waals surface area contributed by atoms with Crippen LogP contribution in [0.4, 0.5) is 13.2 Å². The van der Waals surface area contributed by atoms with Gasteiger partial charge in [0.25, 0.3) is 0 Å².